The summed E-state index contributed by atoms with van der Waals surface area (Å²) in [5.41, 5.74) is 18.4. The van der Waals surface area contributed by atoms with Crippen molar-refractivity contribution >= 4 is 27.8 Å². The number of hydrogen-bond acceptors (Lipinski definition) is 1. The number of hydrogen-bond donors (Lipinski definition) is 0. The van der Waals surface area contributed by atoms with Gasteiger partial charge in [-0.2, -0.15) is 0 Å². The van der Waals surface area contributed by atoms with E-state index in [0.29, 0.717) is 0 Å². The summed E-state index contributed by atoms with van der Waals surface area (Å²) in [4.78, 5) is 2.45. The van der Waals surface area contributed by atoms with Gasteiger partial charge in [-0.3, -0.25) is 0 Å². The van der Waals surface area contributed by atoms with Crippen molar-refractivity contribution in [2.75, 3.05) is 4.90 Å². The summed E-state index contributed by atoms with van der Waals surface area (Å²) in [5, 5.41) is 2.55. The van der Waals surface area contributed by atoms with Crippen LogP contribution < -0.4 is 4.90 Å². The highest BCUT2D eigenvalue weighted by molar-refractivity contribution is 5.90. The second kappa shape index (κ2) is 9.82. The van der Waals surface area contributed by atoms with E-state index in [9.17, 15) is 0 Å². The van der Waals surface area contributed by atoms with Crippen LogP contribution in [-0.4, -0.2) is 0 Å². The van der Waals surface area contributed by atoms with Gasteiger partial charge in [-0.1, -0.05) is 109 Å². The topological polar surface area (TPSA) is 3.24 Å². The second-order valence-electron chi connectivity index (χ2n) is 12.3. The van der Waals surface area contributed by atoms with Gasteiger partial charge in [0.15, 0.2) is 0 Å². The normalized spacial score (nSPS) is 12.9. The largest absolute Gasteiger partial charge is 0.310 e. The van der Waals surface area contributed by atoms with E-state index in [0.717, 1.165) is 12.8 Å². The Hall–Kier alpha value is -5.40. The Morgan fingerprint density at radius 3 is 1.70 bits per heavy atom. The van der Waals surface area contributed by atoms with Gasteiger partial charge in [0, 0.05) is 23.5 Å². The molecule has 0 saturated heterocycles. The van der Waals surface area contributed by atoms with Crippen molar-refractivity contribution in [1.29, 1.82) is 0 Å². The van der Waals surface area contributed by atoms with Crippen molar-refractivity contribution in [3.63, 3.8) is 0 Å². The third kappa shape index (κ3) is 4.08. The molecule has 0 amide bonds. The molecule has 0 spiro atoms. The van der Waals surface area contributed by atoms with Crippen LogP contribution in [-0.2, 0) is 12.8 Å². The molecule has 0 radical (unpaired) electrons. The Morgan fingerprint density at radius 2 is 0.955 bits per heavy atom. The van der Waals surface area contributed by atoms with Crippen LogP contribution in [0.25, 0.3) is 44.2 Å². The molecule has 0 bridgehead atoms. The van der Waals surface area contributed by atoms with E-state index in [-0.39, 0.29) is 0 Å². The minimum Gasteiger partial charge on any atom is -0.310 e. The third-order valence-electron chi connectivity index (χ3n) is 9.52. The average Bonchev–Trinajstić information content (AvgIpc) is 3.45. The Kier molecular flexibility index (Phi) is 5.61. The molecule has 0 aromatic heterocycles. The Bertz CT molecular complexity index is 2240. The van der Waals surface area contributed by atoms with Crippen LogP contribution in [0.5, 0.6) is 0 Å². The lowest BCUT2D eigenvalue weighted by Gasteiger charge is -2.34. The van der Waals surface area contributed by atoms with Crippen LogP contribution in [0, 0.1) is 6.92 Å². The highest BCUT2D eigenvalue weighted by atomic mass is 15.2. The molecule has 7 aromatic carbocycles. The van der Waals surface area contributed by atoms with Crippen LogP contribution in [0.1, 0.15) is 27.8 Å². The lowest BCUT2D eigenvalue weighted by atomic mass is 9.89. The molecule has 0 fully saturated rings. The van der Waals surface area contributed by atoms with E-state index in [2.05, 4.69) is 157 Å². The monoisotopic (exact) mass is 561 g/mol. The number of benzene rings is 7. The van der Waals surface area contributed by atoms with Gasteiger partial charge >= 0.3 is 0 Å². The molecule has 1 aliphatic carbocycles. The first-order valence-electron chi connectivity index (χ1n) is 15.5. The summed E-state index contributed by atoms with van der Waals surface area (Å²) in [7, 11) is 0. The Balaban J connectivity index is 1.15. The van der Waals surface area contributed by atoms with E-state index in [1.54, 1.807) is 0 Å². The molecule has 9 rings (SSSR count). The van der Waals surface area contributed by atoms with Gasteiger partial charge in [-0.15, -0.1) is 0 Å². The zero-order valence-electron chi connectivity index (χ0n) is 24.7. The third-order valence-corrected chi connectivity index (χ3v) is 9.52. The predicted molar refractivity (Wildman–Crippen MR) is 185 cm³/mol. The minimum absolute atomic E-state index is 0.901. The van der Waals surface area contributed by atoms with Crippen molar-refractivity contribution in [1.82, 2.24) is 0 Å². The molecule has 1 aliphatic heterocycles. The Morgan fingerprint density at radius 1 is 0.409 bits per heavy atom. The minimum atomic E-state index is 0.901. The first-order chi connectivity index (χ1) is 21.7. The van der Waals surface area contributed by atoms with Gasteiger partial charge in [0.05, 0.1) is 0 Å². The highest BCUT2D eigenvalue weighted by Crippen LogP contribution is 2.46. The van der Waals surface area contributed by atoms with Gasteiger partial charge < -0.3 is 4.90 Å². The first-order valence-corrected chi connectivity index (χ1v) is 15.5. The standard InChI is InChI=1S/C43H31N/c1-28-10-17-39(18-11-28)44-42-20-15-33(31-13-12-29-6-2-3-7-30(29)22-31)24-37(42)27-38-25-34(16-21-43(38)44)32-14-19-41-36(23-32)26-35-8-4-5-9-40(35)41/h2-25H,26-27H2,1H3. The molecule has 0 atom stereocenters. The van der Waals surface area contributed by atoms with Crippen LogP contribution in [0.2, 0.25) is 0 Å². The van der Waals surface area contributed by atoms with Crippen molar-refractivity contribution in [2.45, 2.75) is 19.8 Å². The number of anilines is 3. The molecule has 1 nitrogen and oxygen atoms in total. The van der Waals surface area contributed by atoms with Crippen LogP contribution in [0.15, 0.2) is 146 Å². The quantitative estimate of drug-likeness (QED) is 0.207. The first kappa shape index (κ1) is 25.1. The molecule has 1 heteroatoms. The maximum atomic E-state index is 2.45. The van der Waals surface area contributed by atoms with Gasteiger partial charge in [0.1, 0.15) is 0 Å². The molecule has 44 heavy (non-hydrogen) atoms. The number of nitrogens with zero attached hydrogens (tertiary/aromatic N) is 1. The maximum Gasteiger partial charge on any atom is 0.0497 e. The summed E-state index contributed by atoms with van der Waals surface area (Å²) in [6.07, 6.45) is 1.91. The van der Waals surface area contributed by atoms with E-state index in [1.807, 2.05) is 0 Å². The van der Waals surface area contributed by atoms with E-state index in [4.69, 9.17) is 0 Å². The molecule has 7 aromatic rings. The summed E-state index contributed by atoms with van der Waals surface area (Å²) in [6.45, 7) is 2.15. The predicted octanol–water partition coefficient (Wildman–Crippen LogP) is 11.4. The van der Waals surface area contributed by atoms with Crippen molar-refractivity contribution in [3.8, 4) is 33.4 Å². The zero-order chi connectivity index (χ0) is 29.2. The fourth-order valence-electron chi connectivity index (χ4n) is 7.25. The van der Waals surface area contributed by atoms with Gasteiger partial charge in [0.25, 0.3) is 0 Å². The highest BCUT2D eigenvalue weighted by Gasteiger charge is 2.25. The summed E-state index contributed by atoms with van der Waals surface area (Å²) in [5.74, 6) is 0. The fourth-order valence-corrected chi connectivity index (χ4v) is 7.25. The molecule has 0 N–H and O–H groups in total. The molecular formula is C43H31N. The van der Waals surface area contributed by atoms with Gasteiger partial charge in [-0.25, -0.2) is 0 Å². The summed E-state index contributed by atoms with van der Waals surface area (Å²) >= 11 is 0. The smallest absolute Gasteiger partial charge is 0.0497 e. The number of fused-ring (bicyclic) bond motifs is 6. The van der Waals surface area contributed by atoms with Crippen molar-refractivity contribution in [2.24, 2.45) is 0 Å². The van der Waals surface area contributed by atoms with E-state index in [1.165, 1.54) is 89.0 Å². The van der Waals surface area contributed by atoms with Crippen LogP contribution in [0.3, 0.4) is 0 Å². The van der Waals surface area contributed by atoms with Crippen LogP contribution in [0.4, 0.5) is 17.1 Å². The van der Waals surface area contributed by atoms with E-state index < -0.39 is 0 Å². The van der Waals surface area contributed by atoms with Gasteiger partial charge in [-0.05, 0) is 122 Å². The molecular weight excluding hydrogens is 530 g/mol. The lowest BCUT2D eigenvalue weighted by Crippen LogP contribution is -2.18. The molecule has 0 saturated carbocycles. The van der Waals surface area contributed by atoms with Crippen LogP contribution >= 0.6 is 0 Å². The Labute approximate surface area is 258 Å². The SMILES string of the molecule is Cc1ccc(N2c3ccc(-c4ccc5c(c4)Cc4ccccc4-5)cc3Cc3cc(-c4ccc5ccccc5c4)ccc32)cc1. The summed E-state index contributed by atoms with van der Waals surface area (Å²) in [6, 6.07) is 54.2. The molecule has 2 aliphatic rings. The molecule has 1 heterocycles. The molecule has 208 valence electrons. The fraction of sp³-hybridized carbons (Fsp3) is 0.0698. The summed E-state index contributed by atoms with van der Waals surface area (Å²) < 4.78 is 0. The second-order valence-corrected chi connectivity index (χ2v) is 12.3. The number of rotatable bonds is 3. The zero-order valence-corrected chi connectivity index (χ0v) is 24.7. The van der Waals surface area contributed by atoms with E-state index >= 15 is 0 Å². The molecule has 0 unspecified atom stereocenters. The van der Waals surface area contributed by atoms with Gasteiger partial charge in [0.2, 0.25) is 0 Å². The average molecular weight is 562 g/mol. The number of aryl methyl sites for hydroxylation is 1. The van der Waals surface area contributed by atoms with Crippen molar-refractivity contribution in [3.05, 3.63) is 173 Å². The maximum absolute atomic E-state index is 2.45. The van der Waals surface area contributed by atoms with Crippen molar-refractivity contribution < 1.29 is 0 Å². The lowest BCUT2D eigenvalue weighted by molar-refractivity contribution is 1.09.